The van der Waals surface area contributed by atoms with Gasteiger partial charge < -0.3 is 14.2 Å². The van der Waals surface area contributed by atoms with E-state index in [1.165, 1.54) is 0 Å². The summed E-state index contributed by atoms with van der Waals surface area (Å²) in [5.74, 6) is -0.848. The number of carbonyl (C=O) groups is 1. The summed E-state index contributed by atoms with van der Waals surface area (Å²) in [6.45, 7) is 0.793. The minimum absolute atomic E-state index is 0.309. The Kier molecular flexibility index (Phi) is 5.67. The number of carbonyl (C=O) groups excluding carboxylic acids is 1. The lowest BCUT2D eigenvalue weighted by molar-refractivity contribution is -0.143. The molecule has 0 aliphatic carbocycles. The fraction of sp³-hybridized carbons (Fsp3) is 0.556. The van der Waals surface area contributed by atoms with Crippen molar-refractivity contribution in [3.63, 3.8) is 0 Å². The van der Waals surface area contributed by atoms with Gasteiger partial charge in [0, 0.05) is 18.9 Å². The minimum Gasteiger partial charge on any atom is -0.381 e. The van der Waals surface area contributed by atoms with Crippen LogP contribution < -0.4 is 0 Å². The van der Waals surface area contributed by atoms with E-state index in [1.807, 2.05) is 10.8 Å². The average Bonchev–Trinajstić information content (AvgIpc) is 2.77. The zero-order valence-electron chi connectivity index (χ0n) is 8.65. The molecule has 88 valence electrons. The zero-order valence-corrected chi connectivity index (χ0v) is 9.55. The number of unbranched alkanes of at least 4 members (excludes halogenated alkanes) is 1. The van der Waals surface area contributed by atoms with Crippen LogP contribution in [0.4, 0.5) is 0 Å². The van der Waals surface area contributed by atoms with Crippen molar-refractivity contribution in [3.05, 3.63) is 18.7 Å². The SMILES string of the molecule is O=POC(=O)C(O)CCCCn1ccnc1. The van der Waals surface area contributed by atoms with Crippen LogP contribution in [0.3, 0.4) is 0 Å². The molecule has 0 aliphatic rings. The van der Waals surface area contributed by atoms with Gasteiger partial charge in [-0.1, -0.05) is 0 Å². The van der Waals surface area contributed by atoms with Gasteiger partial charge in [0.15, 0.2) is 6.10 Å². The van der Waals surface area contributed by atoms with Crippen LogP contribution in [0.2, 0.25) is 0 Å². The number of hydrogen-bond donors (Lipinski definition) is 1. The van der Waals surface area contributed by atoms with Gasteiger partial charge in [0.1, 0.15) is 0 Å². The van der Waals surface area contributed by atoms with Crippen LogP contribution >= 0.6 is 8.69 Å². The van der Waals surface area contributed by atoms with Crippen molar-refractivity contribution in [2.45, 2.75) is 31.9 Å². The second-order valence-electron chi connectivity index (χ2n) is 3.30. The van der Waals surface area contributed by atoms with Gasteiger partial charge in [0.05, 0.1) is 6.33 Å². The molecule has 0 spiro atoms. The van der Waals surface area contributed by atoms with E-state index in [0.717, 1.165) is 13.0 Å². The van der Waals surface area contributed by atoms with Gasteiger partial charge in [-0.2, -0.15) is 0 Å². The highest BCUT2D eigenvalue weighted by molar-refractivity contribution is 7.18. The number of nitrogens with zero attached hydrogens (tertiary/aromatic N) is 2. The molecule has 0 amide bonds. The van der Waals surface area contributed by atoms with Crippen LogP contribution in [-0.2, 0) is 20.4 Å². The first-order valence-corrected chi connectivity index (χ1v) is 5.64. The molecule has 6 nitrogen and oxygen atoms in total. The Hall–Kier alpha value is -1.26. The maximum Gasteiger partial charge on any atom is 0.398 e. The molecule has 1 atom stereocenters. The molecular weight excluding hydrogens is 231 g/mol. The standard InChI is InChI=1S/C9H13N2O4P/c12-8(9(13)15-16-14)3-1-2-5-11-6-4-10-7-11/h4,6-8,12H,1-3,5H2. The van der Waals surface area contributed by atoms with Crippen LogP contribution in [-0.4, -0.2) is 26.7 Å². The Balaban J connectivity index is 2.10. The Morgan fingerprint density at radius 1 is 1.56 bits per heavy atom. The van der Waals surface area contributed by atoms with E-state index in [0.29, 0.717) is 12.8 Å². The number of imidazole rings is 1. The van der Waals surface area contributed by atoms with Crippen LogP contribution in [0.15, 0.2) is 18.7 Å². The third-order valence-corrected chi connectivity index (χ3v) is 2.36. The van der Waals surface area contributed by atoms with Crippen LogP contribution in [0, 0.1) is 0 Å². The fourth-order valence-electron chi connectivity index (χ4n) is 1.27. The Labute approximate surface area is 94.5 Å². The quantitative estimate of drug-likeness (QED) is 0.575. The highest BCUT2D eigenvalue weighted by atomic mass is 31.1. The molecule has 0 saturated carbocycles. The van der Waals surface area contributed by atoms with Crippen molar-refractivity contribution < 1.29 is 19.0 Å². The van der Waals surface area contributed by atoms with E-state index in [9.17, 15) is 14.5 Å². The van der Waals surface area contributed by atoms with Crippen molar-refractivity contribution in [3.8, 4) is 0 Å². The predicted octanol–water partition coefficient (Wildman–Crippen LogP) is 1.16. The number of aryl methyl sites for hydroxylation is 1. The van der Waals surface area contributed by atoms with Gasteiger partial charge in [-0.25, -0.2) is 14.3 Å². The molecule has 1 N–H and O–H groups in total. The number of aliphatic hydroxyl groups is 1. The van der Waals surface area contributed by atoms with Crippen molar-refractivity contribution in [2.75, 3.05) is 0 Å². The van der Waals surface area contributed by atoms with Crippen molar-refractivity contribution in [1.82, 2.24) is 9.55 Å². The molecule has 0 aliphatic heterocycles. The van der Waals surface area contributed by atoms with Crippen molar-refractivity contribution >= 4 is 14.7 Å². The van der Waals surface area contributed by atoms with E-state index in [-0.39, 0.29) is 0 Å². The second-order valence-corrected chi connectivity index (χ2v) is 3.63. The van der Waals surface area contributed by atoms with E-state index in [1.54, 1.807) is 12.5 Å². The maximum atomic E-state index is 10.9. The van der Waals surface area contributed by atoms with E-state index in [2.05, 4.69) is 9.51 Å². The summed E-state index contributed by atoms with van der Waals surface area (Å²) in [6, 6.07) is 0. The molecule has 1 rings (SSSR count). The summed E-state index contributed by atoms with van der Waals surface area (Å²) in [5, 5.41) is 9.27. The van der Waals surface area contributed by atoms with Crippen LogP contribution in [0.25, 0.3) is 0 Å². The predicted molar refractivity (Wildman–Crippen MR) is 55.8 cm³/mol. The van der Waals surface area contributed by atoms with Crippen molar-refractivity contribution in [2.24, 2.45) is 0 Å². The largest absolute Gasteiger partial charge is 0.398 e. The van der Waals surface area contributed by atoms with Gasteiger partial charge in [-0.3, -0.25) is 0 Å². The van der Waals surface area contributed by atoms with Crippen LogP contribution in [0.1, 0.15) is 19.3 Å². The smallest absolute Gasteiger partial charge is 0.381 e. The molecule has 1 unspecified atom stereocenters. The Bertz CT molecular complexity index is 328. The summed E-state index contributed by atoms with van der Waals surface area (Å²) in [4.78, 5) is 14.8. The van der Waals surface area contributed by atoms with Gasteiger partial charge >= 0.3 is 14.7 Å². The van der Waals surface area contributed by atoms with E-state index >= 15 is 0 Å². The number of rotatable bonds is 7. The molecule has 16 heavy (non-hydrogen) atoms. The summed E-state index contributed by atoms with van der Waals surface area (Å²) < 4.78 is 16.0. The molecule has 0 fully saturated rings. The first-order chi connectivity index (χ1) is 7.74. The normalized spacial score (nSPS) is 12.6. The Morgan fingerprint density at radius 2 is 2.38 bits per heavy atom. The highest BCUT2D eigenvalue weighted by Crippen LogP contribution is 2.07. The lowest BCUT2D eigenvalue weighted by Crippen LogP contribution is -2.20. The molecule has 0 bridgehead atoms. The fourth-order valence-corrected chi connectivity index (χ4v) is 1.46. The second kappa shape index (κ2) is 7.09. The zero-order chi connectivity index (χ0) is 11.8. The third-order valence-electron chi connectivity index (χ3n) is 2.10. The molecule has 0 aromatic carbocycles. The molecular formula is C9H13N2O4P. The van der Waals surface area contributed by atoms with E-state index in [4.69, 9.17) is 0 Å². The van der Waals surface area contributed by atoms with Crippen molar-refractivity contribution in [1.29, 1.82) is 0 Å². The van der Waals surface area contributed by atoms with Gasteiger partial charge in [0.2, 0.25) is 0 Å². The van der Waals surface area contributed by atoms with Gasteiger partial charge in [-0.15, -0.1) is 0 Å². The number of hydrogen-bond acceptors (Lipinski definition) is 5. The minimum atomic E-state index is -1.19. The molecule has 0 saturated heterocycles. The summed E-state index contributed by atoms with van der Waals surface area (Å²) >= 11 is 0. The molecule has 7 heteroatoms. The Morgan fingerprint density at radius 3 is 3.00 bits per heavy atom. The summed E-state index contributed by atoms with van der Waals surface area (Å²) in [5.41, 5.74) is 0. The van der Waals surface area contributed by atoms with E-state index < -0.39 is 20.8 Å². The first-order valence-electron chi connectivity index (χ1n) is 4.91. The number of aliphatic hydroxyl groups excluding tert-OH is 1. The van der Waals surface area contributed by atoms with Crippen LogP contribution in [0.5, 0.6) is 0 Å². The number of aromatic nitrogens is 2. The highest BCUT2D eigenvalue weighted by Gasteiger charge is 2.15. The lowest BCUT2D eigenvalue weighted by atomic mass is 10.1. The maximum absolute atomic E-state index is 10.9. The summed E-state index contributed by atoms with van der Waals surface area (Å²) in [7, 11) is -0.725. The first kappa shape index (κ1) is 12.8. The monoisotopic (exact) mass is 244 g/mol. The van der Waals surface area contributed by atoms with Gasteiger partial charge in [-0.05, 0) is 19.3 Å². The topological polar surface area (TPSA) is 81.4 Å². The molecule has 0 radical (unpaired) electrons. The lowest BCUT2D eigenvalue weighted by Gasteiger charge is -2.06. The third kappa shape index (κ3) is 4.51. The molecule has 1 heterocycles. The van der Waals surface area contributed by atoms with Gasteiger partial charge in [0.25, 0.3) is 0 Å². The molecule has 1 aromatic rings. The molecule has 1 aromatic heterocycles. The average molecular weight is 244 g/mol. The summed E-state index contributed by atoms with van der Waals surface area (Å²) in [6.07, 6.45) is 5.88.